The lowest BCUT2D eigenvalue weighted by Gasteiger charge is -2.35. The number of rotatable bonds is 10. The van der Waals surface area contributed by atoms with Gasteiger partial charge in [0, 0.05) is 17.3 Å². The smallest absolute Gasteiger partial charge is 0.325 e. The third-order valence-electron chi connectivity index (χ3n) is 5.27. The number of ether oxygens (including phenoxy) is 3. The Kier molecular flexibility index (Phi) is 7.92. The van der Waals surface area contributed by atoms with Gasteiger partial charge in [-0.25, -0.2) is 9.18 Å². The number of urea groups is 1. The number of Topliss-reactive ketones (excluding diaryl/α,β-unsaturated/α-hetero) is 1. The number of amides is 2. The monoisotopic (exact) mass is 444 g/mol. The van der Waals surface area contributed by atoms with Crippen LogP contribution in [0.5, 0.6) is 17.2 Å². The molecule has 32 heavy (non-hydrogen) atoms. The number of anilines is 1. The van der Waals surface area contributed by atoms with Gasteiger partial charge in [-0.2, -0.15) is 0 Å². The summed E-state index contributed by atoms with van der Waals surface area (Å²) in [5, 5.41) is 0. The van der Waals surface area contributed by atoms with Crippen LogP contribution in [0.15, 0.2) is 36.4 Å². The van der Waals surface area contributed by atoms with Gasteiger partial charge in [-0.05, 0) is 36.8 Å². The minimum atomic E-state index is -0.437. The second-order valence-electron chi connectivity index (χ2n) is 7.61. The summed E-state index contributed by atoms with van der Waals surface area (Å²) in [4.78, 5) is 28.5. The summed E-state index contributed by atoms with van der Waals surface area (Å²) in [6.45, 7) is 2.61. The van der Waals surface area contributed by atoms with E-state index in [-0.39, 0.29) is 31.4 Å². The molecule has 0 saturated carbocycles. The van der Waals surface area contributed by atoms with Crippen LogP contribution in [-0.4, -0.2) is 50.6 Å². The van der Waals surface area contributed by atoms with Crippen LogP contribution in [0.2, 0.25) is 0 Å². The van der Waals surface area contributed by atoms with E-state index < -0.39 is 5.82 Å². The van der Waals surface area contributed by atoms with Crippen LogP contribution in [0.25, 0.3) is 0 Å². The van der Waals surface area contributed by atoms with Gasteiger partial charge in [0.25, 0.3) is 0 Å². The largest absolute Gasteiger partial charge is 0.496 e. The number of hydrogen-bond donors (Lipinski definition) is 0. The number of ketones is 1. The minimum absolute atomic E-state index is 0.0444. The van der Waals surface area contributed by atoms with E-state index in [1.807, 2.05) is 0 Å². The zero-order valence-electron chi connectivity index (χ0n) is 18.7. The van der Waals surface area contributed by atoms with E-state index >= 15 is 0 Å². The average molecular weight is 445 g/mol. The third kappa shape index (κ3) is 5.49. The highest BCUT2D eigenvalue weighted by Crippen LogP contribution is 2.33. The summed E-state index contributed by atoms with van der Waals surface area (Å²) >= 11 is 0. The quantitative estimate of drug-likeness (QED) is 0.508. The van der Waals surface area contributed by atoms with Crippen molar-refractivity contribution < 1.29 is 28.2 Å². The first-order valence-electron chi connectivity index (χ1n) is 10.7. The number of methoxy groups -OCH3 is 2. The lowest BCUT2D eigenvalue weighted by Crippen LogP contribution is -2.53. The maximum Gasteiger partial charge on any atom is 0.325 e. The normalized spacial score (nSPS) is 14.0. The molecular weight excluding hydrogens is 415 g/mol. The number of hydrogen-bond acceptors (Lipinski definition) is 5. The molecular formula is C24H29FN2O5. The van der Waals surface area contributed by atoms with Crippen LogP contribution in [0.4, 0.5) is 14.9 Å². The highest BCUT2D eigenvalue weighted by molar-refractivity contribution is 6.04. The minimum Gasteiger partial charge on any atom is -0.496 e. The van der Waals surface area contributed by atoms with Gasteiger partial charge in [-0.3, -0.25) is 9.69 Å². The number of benzene rings is 2. The van der Waals surface area contributed by atoms with Gasteiger partial charge in [0.1, 0.15) is 11.6 Å². The molecule has 1 aliphatic heterocycles. The molecule has 3 rings (SSSR count). The number of nitrogens with zero attached hydrogens (tertiary/aromatic N) is 2. The summed E-state index contributed by atoms with van der Waals surface area (Å²) < 4.78 is 30.3. The topological polar surface area (TPSA) is 68.3 Å². The maximum absolute atomic E-state index is 13.8. The van der Waals surface area contributed by atoms with Crippen molar-refractivity contribution in [1.29, 1.82) is 0 Å². The second kappa shape index (κ2) is 10.8. The average Bonchev–Trinajstić information content (AvgIpc) is 2.79. The van der Waals surface area contributed by atoms with Gasteiger partial charge in [0.05, 0.1) is 40.5 Å². The van der Waals surface area contributed by atoms with Gasteiger partial charge in [0.2, 0.25) is 0 Å². The zero-order valence-corrected chi connectivity index (χ0v) is 18.7. The lowest BCUT2D eigenvalue weighted by atomic mass is 10.1. The number of unbranched alkanes of at least 4 members (excludes halogenated alkanes) is 2. The highest BCUT2D eigenvalue weighted by Gasteiger charge is 2.32. The Morgan fingerprint density at radius 3 is 2.41 bits per heavy atom. The van der Waals surface area contributed by atoms with Crippen LogP contribution in [-0.2, 0) is 11.3 Å². The molecule has 0 atom stereocenters. The SMILES string of the molecule is CCCCCOc1cc(N2CC(=O)CN(Cc3cc(F)ccc3OC)C2=O)ccc1OC. The van der Waals surface area contributed by atoms with Crippen molar-refractivity contribution in [2.24, 2.45) is 0 Å². The summed E-state index contributed by atoms with van der Waals surface area (Å²) in [6.07, 6.45) is 3.05. The van der Waals surface area contributed by atoms with Crippen molar-refractivity contribution in [1.82, 2.24) is 4.90 Å². The number of carbonyl (C=O) groups excluding carboxylic acids is 2. The Balaban J connectivity index is 1.82. The predicted octanol–water partition coefficient (Wildman–Crippen LogP) is 4.42. The summed E-state index contributed by atoms with van der Waals surface area (Å²) in [5.41, 5.74) is 1.02. The Labute approximate surface area is 187 Å². The van der Waals surface area contributed by atoms with Crippen LogP contribution in [0, 0.1) is 5.82 Å². The molecule has 0 aromatic heterocycles. The molecule has 7 nitrogen and oxygen atoms in total. The van der Waals surface area contributed by atoms with E-state index in [0.717, 1.165) is 19.3 Å². The first-order valence-corrected chi connectivity index (χ1v) is 10.7. The van der Waals surface area contributed by atoms with E-state index in [1.165, 1.54) is 35.1 Å². The number of halogens is 1. The van der Waals surface area contributed by atoms with Gasteiger partial charge in [-0.15, -0.1) is 0 Å². The molecule has 1 fully saturated rings. The molecule has 2 aromatic carbocycles. The summed E-state index contributed by atoms with van der Waals surface area (Å²) in [7, 11) is 3.03. The first-order chi connectivity index (χ1) is 15.5. The summed E-state index contributed by atoms with van der Waals surface area (Å²) in [5.74, 6) is 0.971. The Hall–Kier alpha value is -3.29. The standard InChI is InChI=1S/C24H29FN2O5/c1-4-5-6-11-32-23-13-19(8-10-22(23)31-3)27-16-20(28)15-26(24(27)29)14-17-12-18(25)7-9-21(17)30-2/h7-10,12-13H,4-6,11,14-16H2,1-3H3. The molecule has 0 bridgehead atoms. The predicted molar refractivity (Wildman–Crippen MR) is 119 cm³/mol. The van der Waals surface area contributed by atoms with Gasteiger partial charge < -0.3 is 19.1 Å². The van der Waals surface area contributed by atoms with E-state index in [2.05, 4.69) is 6.92 Å². The lowest BCUT2D eigenvalue weighted by molar-refractivity contribution is -0.119. The van der Waals surface area contributed by atoms with Crippen molar-refractivity contribution in [2.45, 2.75) is 32.7 Å². The second-order valence-corrected chi connectivity index (χ2v) is 7.61. The Bertz CT molecular complexity index is 965. The van der Waals surface area contributed by atoms with Crippen LogP contribution < -0.4 is 19.1 Å². The zero-order chi connectivity index (χ0) is 23.1. The van der Waals surface area contributed by atoms with Gasteiger partial charge >= 0.3 is 6.03 Å². The molecule has 0 radical (unpaired) electrons. The molecule has 172 valence electrons. The van der Waals surface area contributed by atoms with Crippen LogP contribution in [0.1, 0.15) is 31.7 Å². The molecule has 8 heteroatoms. The summed E-state index contributed by atoms with van der Waals surface area (Å²) in [6, 6.07) is 8.90. The van der Waals surface area contributed by atoms with Crippen molar-refractivity contribution in [2.75, 3.05) is 38.8 Å². The Morgan fingerprint density at radius 1 is 0.938 bits per heavy atom. The van der Waals surface area contributed by atoms with E-state index in [0.29, 0.717) is 35.1 Å². The highest BCUT2D eigenvalue weighted by atomic mass is 19.1. The fourth-order valence-corrected chi connectivity index (χ4v) is 3.63. The fourth-order valence-electron chi connectivity index (χ4n) is 3.63. The van der Waals surface area contributed by atoms with Crippen molar-refractivity contribution in [3.8, 4) is 17.2 Å². The van der Waals surface area contributed by atoms with Crippen molar-refractivity contribution >= 4 is 17.5 Å². The molecule has 1 aliphatic rings. The van der Waals surface area contributed by atoms with Gasteiger partial charge in [-0.1, -0.05) is 19.8 Å². The van der Waals surface area contributed by atoms with Crippen LogP contribution >= 0.6 is 0 Å². The molecule has 2 aromatic rings. The van der Waals surface area contributed by atoms with Crippen LogP contribution in [0.3, 0.4) is 0 Å². The van der Waals surface area contributed by atoms with E-state index in [9.17, 15) is 14.0 Å². The molecule has 2 amide bonds. The fraction of sp³-hybridized carbons (Fsp3) is 0.417. The van der Waals surface area contributed by atoms with E-state index in [1.54, 1.807) is 25.3 Å². The molecule has 1 heterocycles. The number of carbonyl (C=O) groups is 2. The van der Waals surface area contributed by atoms with Crippen molar-refractivity contribution in [3.63, 3.8) is 0 Å². The molecule has 0 N–H and O–H groups in total. The third-order valence-corrected chi connectivity index (χ3v) is 5.27. The van der Waals surface area contributed by atoms with E-state index in [4.69, 9.17) is 14.2 Å². The van der Waals surface area contributed by atoms with Gasteiger partial charge in [0.15, 0.2) is 17.3 Å². The molecule has 0 unspecified atom stereocenters. The molecule has 1 saturated heterocycles. The Morgan fingerprint density at radius 2 is 1.69 bits per heavy atom. The first kappa shape index (κ1) is 23.4. The maximum atomic E-state index is 13.8. The molecule has 0 spiro atoms. The molecule has 0 aliphatic carbocycles. The van der Waals surface area contributed by atoms with Crippen molar-refractivity contribution in [3.05, 3.63) is 47.8 Å².